The molecule has 1 fully saturated rings. The van der Waals surface area contributed by atoms with E-state index in [1.54, 1.807) is 0 Å². The summed E-state index contributed by atoms with van der Waals surface area (Å²) in [7, 11) is 4.09. The van der Waals surface area contributed by atoms with Crippen LogP contribution in [0.15, 0.2) is 91.3 Å². The fourth-order valence-electron chi connectivity index (χ4n) is 4.49. The summed E-state index contributed by atoms with van der Waals surface area (Å²) in [4.78, 5) is 8.99. The Kier molecular flexibility index (Phi) is 5.60. The van der Waals surface area contributed by atoms with E-state index in [1.165, 1.54) is 5.56 Å². The van der Waals surface area contributed by atoms with Gasteiger partial charge < -0.3 is 19.7 Å². The molecule has 0 radical (unpaired) electrons. The minimum atomic E-state index is -0.0781. The summed E-state index contributed by atoms with van der Waals surface area (Å²) >= 11 is 5.88. The second-order valence-corrected chi connectivity index (χ2v) is 8.94. The van der Waals surface area contributed by atoms with Crippen molar-refractivity contribution in [2.75, 3.05) is 23.9 Å². The molecular weight excluding hydrogens is 426 g/mol. The molecule has 0 saturated carbocycles. The van der Waals surface area contributed by atoms with Crippen LogP contribution < -0.4 is 15.1 Å². The molecule has 0 spiro atoms. The molecule has 1 saturated heterocycles. The highest BCUT2D eigenvalue weighted by Crippen LogP contribution is 2.42. The van der Waals surface area contributed by atoms with Gasteiger partial charge in [-0.3, -0.25) is 4.98 Å². The number of hydrogen-bond acceptors (Lipinski definition) is 3. The molecule has 2 atom stereocenters. The Bertz CT molecular complexity index is 1260. The first-order valence-electron chi connectivity index (χ1n) is 11.1. The topological polar surface area (TPSA) is 36.3 Å². The fourth-order valence-corrected chi connectivity index (χ4v) is 4.84. The van der Waals surface area contributed by atoms with Crippen molar-refractivity contribution in [2.45, 2.75) is 19.0 Å². The van der Waals surface area contributed by atoms with Crippen molar-refractivity contribution in [3.05, 3.63) is 108 Å². The lowest BCUT2D eigenvalue weighted by molar-refractivity contribution is 0.549. The smallest absolute Gasteiger partial charge is 0.174 e. The molecule has 3 heterocycles. The zero-order valence-corrected chi connectivity index (χ0v) is 19.8. The number of nitrogens with zero attached hydrogens (tertiary/aromatic N) is 4. The summed E-state index contributed by atoms with van der Waals surface area (Å²) in [6, 6.07) is 27.3. The zero-order valence-electron chi connectivity index (χ0n) is 19.0. The standard InChI is InChI=1S/C27H27N5S/c1-19-8-6-9-22(18-19)31-17-7-11-24(31)26-25(23-10-4-5-16-28-23)29-27(33)32(26)21-14-12-20(13-15-21)30(2)3/h4-18,25-26H,1-3H3,(H,29,33)/t25-,26+/m0/s1. The Morgan fingerprint density at radius 1 is 0.909 bits per heavy atom. The van der Waals surface area contributed by atoms with E-state index in [9.17, 15) is 0 Å². The summed E-state index contributed by atoms with van der Waals surface area (Å²) in [5, 5.41) is 4.25. The van der Waals surface area contributed by atoms with Crippen molar-refractivity contribution in [1.29, 1.82) is 0 Å². The molecule has 1 aliphatic heterocycles. The SMILES string of the molecule is Cc1cccc(-n2cccc2[C@@H]2[C@H](c3ccccn3)NC(=S)N2c2ccc(N(C)C)cc2)c1. The average molecular weight is 454 g/mol. The quantitative estimate of drug-likeness (QED) is 0.408. The third-order valence-electron chi connectivity index (χ3n) is 6.11. The summed E-state index contributed by atoms with van der Waals surface area (Å²) in [5.41, 5.74) is 6.69. The molecule has 33 heavy (non-hydrogen) atoms. The second kappa shape index (κ2) is 8.71. The molecule has 2 aromatic heterocycles. The third kappa shape index (κ3) is 3.98. The summed E-state index contributed by atoms with van der Waals surface area (Å²) < 4.78 is 2.25. The van der Waals surface area contributed by atoms with Gasteiger partial charge in [0.1, 0.15) is 6.04 Å². The number of anilines is 2. The van der Waals surface area contributed by atoms with Gasteiger partial charge in [-0.1, -0.05) is 18.2 Å². The lowest BCUT2D eigenvalue weighted by Gasteiger charge is -2.29. The molecule has 1 N–H and O–H groups in total. The summed E-state index contributed by atoms with van der Waals surface area (Å²) in [5.74, 6) is 0. The van der Waals surface area contributed by atoms with Crippen LogP contribution in [0.2, 0.25) is 0 Å². The Labute approximate surface area is 200 Å². The van der Waals surface area contributed by atoms with E-state index >= 15 is 0 Å². The maximum Gasteiger partial charge on any atom is 0.174 e. The van der Waals surface area contributed by atoms with Gasteiger partial charge in [0.05, 0.1) is 11.7 Å². The molecule has 0 aliphatic carbocycles. The largest absolute Gasteiger partial charge is 0.378 e. The highest BCUT2D eigenvalue weighted by atomic mass is 32.1. The molecule has 4 aromatic rings. The Morgan fingerprint density at radius 2 is 1.73 bits per heavy atom. The monoisotopic (exact) mass is 453 g/mol. The van der Waals surface area contributed by atoms with E-state index in [0.717, 1.165) is 28.5 Å². The van der Waals surface area contributed by atoms with Crippen molar-refractivity contribution in [3.63, 3.8) is 0 Å². The van der Waals surface area contributed by atoms with E-state index in [4.69, 9.17) is 12.2 Å². The number of benzene rings is 2. The molecule has 0 unspecified atom stereocenters. The van der Waals surface area contributed by atoms with E-state index in [0.29, 0.717) is 5.11 Å². The van der Waals surface area contributed by atoms with Crippen molar-refractivity contribution < 1.29 is 0 Å². The van der Waals surface area contributed by atoms with Crippen molar-refractivity contribution >= 4 is 28.7 Å². The first-order valence-corrected chi connectivity index (χ1v) is 11.5. The van der Waals surface area contributed by atoms with Crippen molar-refractivity contribution in [1.82, 2.24) is 14.9 Å². The van der Waals surface area contributed by atoms with Gasteiger partial charge in [-0.05, 0) is 85.4 Å². The number of thiocarbonyl (C=S) groups is 1. The molecule has 5 nitrogen and oxygen atoms in total. The molecule has 0 bridgehead atoms. The fraction of sp³-hybridized carbons (Fsp3) is 0.185. The molecule has 2 aromatic carbocycles. The van der Waals surface area contributed by atoms with Gasteiger partial charge in [-0.25, -0.2) is 0 Å². The van der Waals surface area contributed by atoms with E-state index in [2.05, 4.69) is 105 Å². The number of nitrogens with one attached hydrogen (secondary N) is 1. The van der Waals surface area contributed by atoms with Gasteiger partial charge >= 0.3 is 0 Å². The minimum Gasteiger partial charge on any atom is -0.378 e. The van der Waals surface area contributed by atoms with Gasteiger partial charge in [0.2, 0.25) is 0 Å². The van der Waals surface area contributed by atoms with Crippen LogP contribution in [0.4, 0.5) is 11.4 Å². The van der Waals surface area contributed by atoms with Crippen molar-refractivity contribution in [2.24, 2.45) is 0 Å². The van der Waals surface area contributed by atoms with Crippen LogP contribution in [0.25, 0.3) is 5.69 Å². The molecule has 166 valence electrons. The highest BCUT2D eigenvalue weighted by molar-refractivity contribution is 7.80. The number of hydrogen-bond donors (Lipinski definition) is 1. The van der Waals surface area contributed by atoms with Crippen LogP contribution in [-0.2, 0) is 0 Å². The molecule has 1 aliphatic rings. The number of aromatic nitrogens is 2. The van der Waals surface area contributed by atoms with Gasteiger partial charge in [0.25, 0.3) is 0 Å². The zero-order chi connectivity index (χ0) is 22.9. The van der Waals surface area contributed by atoms with Gasteiger partial charge in [-0.2, -0.15) is 0 Å². The van der Waals surface area contributed by atoms with Crippen LogP contribution in [0.5, 0.6) is 0 Å². The predicted octanol–water partition coefficient (Wildman–Crippen LogP) is 5.42. The lowest BCUT2D eigenvalue weighted by Crippen LogP contribution is -2.30. The van der Waals surface area contributed by atoms with Gasteiger partial charge in [0.15, 0.2) is 5.11 Å². The Hall–Kier alpha value is -3.64. The third-order valence-corrected chi connectivity index (χ3v) is 6.42. The van der Waals surface area contributed by atoms with Gasteiger partial charge in [0, 0.05) is 49.2 Å². The van der Waals surface area contributed by atoms with E-state index < -0.39 is 0 Å². The molecular formula is C27H27N5S. The first kappa shape index (κ1) is 21.2. The molecule has 6 heteroatoms. The van der Waals surface area contributed by atoms with Crippen LogP contribution in [-0.4, -0.2) is 28.8 Å². The molecule has 0 amide bonds. The van der Waals surface area contributed by atoms with E-state index in [-0.39, 0.29) is 12.1 Å². The highest BCUT2D eigenvalue weighted by Gasteiger charge is 2.42. The first-order chi connectivity index (χ1) is 16.0. The van der Waals surface area contributed by atoms with Crippen LogP contribution >= 0.6 is 12.2 Å². The Morgan fingerprint density at radius 3 is 2.42 bits per heavy atom. The number of rotatable bonds is 5. The Balaban J connectivity index is 1.64. The lowest BCUT2D eigenvalue weighted by atomic mass is 10.0. The van der Waals surface area contributed by atoms with Gasteiger partial charge in [-0.15, -0.1) is 0 Å². The normalized spacial score (nSPS) is 17.8. The summed E-state index contributed by atoms with van der Waals surface area (Å²) in [6.07, 6.45) is 3.96. The summed E-state index contributed by atoms with van der Waals surface area (Å²) in [6.45, 7) is 2.12. The average Bonchev–Trinajstić information content (AvgIpc) is 3.44. The maximum absolute atomic E-state index is 5.88. The van der Waals surface area contributed by atoms with Crippen LogP contribution in [0.1, 0.15) is 29.0 Å². The van der Waals surface area contributed by atoms with Crippen LogP contribution in [0.3, 0.4) is 0 Å². The van der Waals surface area contributed by atoms with Crippen molar-refractivity contribution in [3.8, 4) is 5.69 Å². The van der Waals surface area contributed by atoms with Crippen LogP contribution in [0, 0.1) is 6.92 Å². The minimum absolute atomic E-state index is 0.0619. The number of aryl methyl sites for hydroxylation is 1. The predicted molar refractivity (Wildman–Crippen MR) is 139 cm³/mol. The maximum atomic E-state index is 5.88. The molecule has 5 rings (SSSR count). The number of pyridine rings is 1. The second-order valence-electron chi connectivity index (χ2n) is 8.55. The van der Waals surface area contributed by atoms with E-state index in [1.807, 2.05) is 32.4 Å².